The number of ether oxygens (including phenoxy) is 1. The van der Waals surface area contributed by atoms with Gasteiger partial charge in [0.2, 0.25) is 0 Å². The van der Waals surface area contributed by atoms with Crippen LogP contribution in [0.15, 0.2) is 36.5 Å². The van der Waals surface area contributed by atoms with Crippen LogP contribution in [-0.2, 0) is 9.53 Å². The lowest BCUT2D eigenvalue weighted by atomic mass is 10.1. The highest BCUT2D eigenvalue weighted by Gasteiger charge is 3.05. The molecule has 4 saturated carbocycles. The zero-order valence-electron chi connectivity index (χ0n) is 10.6. The normalized spacial score (nSPS) is 48.4. The molecule has 4 atom stereocenters. The van der Waals surface area contributed by atoms with E-state index in [0.717, 1.165) is 19.3 Å². The van der Waals surface area contributed by atoms with Crippen LogP contribution in [0.4, 0.5) is 0 Å². The molecule has 4 aliphatic carbocycles. The standard InChI is InChI=1S/C16H18O2/c1-3-4-12-6-11(5-10(12)2)8-18-14(17)16-9-15(16)7-13(15)16/h3-4,11,13H,1-2,5-9H2/b12-4-. The quantitative estimate of drug-likeness (QED) is 0.708. The number of carbonyl (C=O) groups is 1. The number of hydrogen-bond donors (Lipinski definition) is 0. The van der Waals surface area contributed by atoms with Crippen molar-refractivity contribution >= 4 is 5.97 Å². The molecule has 0 N–H and O–H groups in total. The van der Waals surface area contributed by atoms with E-state index < -0.39 is 0 Å². The second-order valence-corrected chi connectivity index (χ2v) is 6.46. The van der Waals surface area contributed by atoms with E-state index in [1.807, 2.05) is 6.08 Å². The molecule has 4 fully saturated rings. The first-order valence-electron chi connectivity index (χ1n) is 6.81. The maximum absolute atomic E-state index is 12.0. The molecule has 0 heterocycles. The van der Waals surface area contributed by atoms with E-state index in [4.69, 9.17) is 4.74 Å². The molecule has 1 spiro atoms. The molecule has 4 unspecified atom stereocenters. The second-order valence-electron chi connectivity index (χ2n) is 6.46. The first kappa shape index (κ1) is 10.6. The third kappa shape index (κ3) is 1.07. The third-order valence-corrected chi connectivity index (χ3v) is 5.58. The van der Waals surface area contributed by atoms with Gasteiger partial charge in [0, 0.05) is 5.92 Å². The van der Waals surface area contributed by atoms with Gasteiger partial charge in [-0.05, 0) is 42.6 Å². The summed E-state index contributed by atoms with van der Waals surface area (Å²) in [5, 5.41) is 0. The van der Waals surface area contributed by atoms with Crippen LogP contribution in [0.3, 0.4) is 0 Å². The number of allylic oxidation sites excluding steroid dienone is 4. The van der Waals surface area contributed by atoms with Gasteiger partial charge >= 0.3 is 5.97 Å². The predicted molar refractivity (Wildman–Crippen MR) is 68.7 cm³/mol. The topological polar surface area (TPSA) is 26.3 Å². The molecule has 0 radical (unpaired) electrons. The van der Waals surface area contributed by atoms with Crippen molar-refractivity contribution in [2.45, 2.75) is 25.7 Å². The van der Waals surface area contributed by atoms with Gasteiger partial charge in [0.25, 0.3) is 0 Å². The van der Waals surface area contributed by atoms with E-state index >= 15 is 0 Å². The summed E-state index contributed by atoms with van der Waals surface area (Å²) in [4.78, 5) is 12.0. The molecule has 4 rings (SSSR count). The molecule has 0 aliphatic heterocycles. The lowest BCUT2D eigenvalue weighted by molar-refractivity contribution is -0.150. The molecule has 0 amide bonds. The molecular weight excluding hydrogens is 224 g/mol. The summed E-state index contributed by atoms with van der Waals surface area (Å²) in [6.07, 6.45) is 8.15. The summed E-state index contributed by atoms with van der Waals surface area (Å²) in [7, 11) is 0. The molecule has 0 aromatic carbocycles. The van der Waals surface area contributed by atoms with E-state index in [2.05, 4.69) is 13.2 Å². The van der Waals surface area contributed by atoms with Crippen molar-refractivity contribution in [1.82, 2.24) is 0 Å². The molecular formula is C16H18O2. The number of fused-ring (bicyclic) bond motifs is 1. The molecule has 2 nitrogen and oxygen atoms in total. The minimum Gasteiger partial charge on any atom is -0.465 e. The summed E-state index contributed by atoms with van der Waals surface area (Å²) in [6.45, 7) is 8.34. The Bertz CT molecular complexity index is 515. The van der Waals surface area contributed by atoms with Gasteiger partial charge in [-0.2, -0.15) is 0 Å². The Hall–Kier alpha value is -1.31. The maximum atomic E-state index is 12.0. The highest BCUT2D eigenvalue weighted by Crippen LogP contribution is 3.06. The minimum absolute atomic E-state index is 0.0302. The summed E-state index contributed by atoms with van der Waals surface area (Å²) in [5.41, 5.74) is 2.94. The zero-order chi connectivity index (χ0) is 12.5. The van der Waals surface area contributed by atoms with Gasteiger partial charge in [-0.1, -0.05) is 30.9 Å². The highest BCUT2D eigenvalue weighted by atomic mass is 16.5. The molecule has 18 heavy (non-hydrogen) atoms. The van der Waals surface area contributed by atoms with Gasteiger partial charge in [0.15, 0.2) is 0 Å². The number of hydrogen-bond acceptors (Lipinski definition) is 2. The van der Waals surface area contributed by atoms with Crippen molar-refractivity contribution in [3.05, 3.63) is 36.5 Å². The SMILES string of the molecule is C=C/C=C1/CC(COC(=O)C23CC24CC43)CC1=C. The van der Waals surface area contributed by atoms with Gasteiger partial charge in [0.05, 0.1) is 12.0 Å². The Morgan fingerprint density at radius 1 is 1.50 bits per heavy atom. The van der Waals surface area contributed by atoms with Crippen LogP contribution in [-0.4, -0.2) is 12.6 Å². The number of esters is 1. The van der Waals surface area contributed by atoms with Crippen LogP contribution in [0.2, 0.25) is 0 Å². The summed E-state index contributed by atoms with van der Waals surface area (Å²) in [5.74, 6) is 1.23. The lowest BCUT2D eigenvalue weighted by Crippen LogP contribution is -2.19. The Morgan fingerprint density at radius 3 is 2.83 bits per heavy atom. The van der Waals surface area contributed by atoms with Gasteiger partial charge < -0.3 is 4.74 Å². The molecule has 0 saturated heterocycles. The molecule has 4 aliphatic rings. The van der Waals surface area contributed by atoms with E-state index in [9.17, 15) is 4.79 Å². The van der Waals surface area contributed by atoms with Crippen LogP contribution in [0.1, 0.15) is 25.7 Å². The predicted octanol–water partition coefficient (Wildman–Crippen LogP) is 3.02. The van der Waals surface area contributed by atoms with Crippen LogP contribution in [0.5, 0.6) is 0 Å². The monoisotopic (exact) mass is 242 g/mol. The van der Waals surface area contributed by atoms with Crippen molar-refractivity contribution in [2.24, 2.45) is 22.7 Å². The first-order chi connectivity index (χ1) is 8.64. The lowest BCUT2D eigenvalue weighted by Gasteiger charge is -2.12. The fraction of sp³-hybridized carbons (Fsp3) is 0.562. The van der Waals surface area contributed by atoms with Crippen molar-refractivity contribution in [2.75, 3.05) is 6.61 Å². The minimum atomic E-state index is 0.0302. The fourth-order valence-corrected chi connectivity index (χ4v) is 4.13. The largest absolute Gasteiger partial charge is 0.465 e. The molecule has 0 aromatic heterocycles. The Balaban J connectivity index is 1.31. The van der Waals surface area contributed by atoms with Gasteiger partial charge in [-0.3, -0.25) is 4.79 Å². The zero-order valence-corrected chi connectivity index (χ0v) is 10.6. The highest BCUT2D eigenvalue weighted by molar-refractivity contribution is 5.92. The Labute approximate surface area is 107 Å². The Kier molecular flexibility index (Phi) is 1.76. The van der Waals surface area contributed by atoms with Crippen molar-refractivity contribution in [3.8, 4) is 0 Å². The van der Waals surface area contributed by atoms with Crippen molar-refractivity contribution < 1.29 is 9.53 Å². The number of rotatable bonds is 4. The summed E-state index contributed by atoms with van der Waals surface area (Å²) >= 11 is 0. The average molecular weight is 242 g/mol. The second kappa shape index (κ2) is 2.98. The molecule has 2 heteroatoms. The number of carbonyl (C=O) groups excluding carboxylic acids is 1. The van der Waals surface area contributed by atoms with Crippen LogP contribution < -0.4 is 0 Å². The fourth-order valence-electron chi connectivity index (χ4n) is 4.13. The van der Waals surface area contributed by atoms with E-state index in [-0.39, 0.29) is 11.4 Å². The van der Waals surface area contributed by atoms with Crippen LogP contribution in [0, 0.1) is 22.7 Å². The van der Waals surface area contributed by atoms with Crippen molar-refractivity contribution in [3.63, 3.8) is 0 Å². The van der Waals surface area contributed by atoms with Crippen molar-refractivity contribution in [1.29, 1.82) is 0 Å². The van der Waals surface area contributed by atoms with Gasteiger partial charge in [0.1, 0.15) is 0 Å². The van der Waals surface area contributed by atoms with Crippen LogP contribution >= 0.6 is 0 Å². The summed E-state index contributed by atoms with van der Waals surface area (Å²) in [6, 6.07) is 0. The third-order valence-electron chi connectivity index (χ3n) is 5.58. The van der Waals surface area contributed by atoms with E-state index in [1.165, 1.54) is 17.6 Å². The Morgan fingerprint density at radius 2 is 2.28 bits per heavy atom. The van der Waals surface area contributed by atoms with E-state index in [0.29, 0.717) is 23.9 Å². The van der Waals surface area contributed by atoms with Gasteiger partial charge in [-0.25, -0.2) is 0 Å². The van der Waals surface area contributed by atoms with Gasteiger partial charge in [-0.15, -0.1) is 0 Å². The molecule has 0 bridgehead atoms. The average Bonchev–Trinajstić information content (AvgIpc) is 3.23. The molecule has 94 valence electrons. The van der Waals surface area contributed by atoms with Crippen LogP contribution in [0.25, 0.3) is 0 Å². The first-order valence-corrected chi connectivity index (χ1v) is 6.81. The van der Waals surface area contributed by atoms with E-state index in [1.54, 1.807) is 6.08 Å². The maximum Gasteiger partial charge on any atom is 0.312 e. The smallest absolute Gasteiger partial charge is 0.312 e. The molecule has 0 aromatic rings. The summed E-state index contributed by atoms with van der Waals surface area (Å²) < 4.78 is 5.53.